The van der Waals surface area contributed by atoms with Gasteiger partial charge in [0, 0.05) is 19.7 Å². The van der Waals surface area contributed by atoms with Gasteiger partial charge in [-0.05, 0) is 37.8 Å². The quantitative estimate of drug-likeness (QED) is 0.923. The largest absolute Gasteiger partial charge is 0.480 e. The molecule has 2 rings (SSSR count). The number of hydrogen-bond acceptors (Lipinski definition) is 3. The van der Waals surface area contributed by atoms with Crippen molar-refractivity contribution in [1.82, 2.24) is 4.90 Å². The van der Waals surface area contributed by atoms with Crippen LogP contribution in [0.4, 0.5) is 13.2 Å². The van der Waals surface area contributed by atoms with Crippen LogP contribution in [0.2, 0.25) is 0 Å². The number of amides is 1. The van der Waals surface area contributed by atoms with E-state index in [4.69, 9.17) is 4.74 Å². The topological polar surface area (TPSA) is 49.8 Å². The molecule has 1 N–H and O–H groups in total. The molecule has 2 atom stereocenters. The van der Waals surface area contributed by atoms with E-state index in [0.717, 1.165) is 18.9 Å². The molecule has 1 amide bonds. The van der Waals surface area contributed by atoms with Crippen molar-refractivity contribution >= 4 is 5.91 Å². The zero-order valence-corrected chi connectivity index (χ0v) is 12.8. The third kappa shape index (κ3) is 4.37. The molecular formula is C16H20F3NO3. The monoisotopic (exact) mass is 331 g/mol. The number of rotatable bonds is 4. The van der Waals surface area contributed by atoms with Crippen LogP contribution in [0.25, 0.3) is 0 Å². The predicted molar refractivity (Wildman–Crippen MR) is 77.9 cm³/mol. The molecule has 0 bridgehead atoms. The van der Waals surface area contributed by atoms with Gasteiger partial charge in [0.1, 0.15) is 5.75 Å². The van der Waals surface area contributed by atoms with E-state index < -0.39 is 17.8 Å². The molecule has 7 heteroatoms. The van der Waals surface area contributed by atoms with E-state index >= 15 is 0 Å². The lowest BCUT2D eigenvalue weighted by molar-refractivity contribution is -0.144. The maximum absolute atomic E-state index is 12.9. The van der Waals surface area contributed by atoms with Gasteiger partial charge in [-0.2, -0.15) is 13.2 Å². The molecule has 1 aliphatic heterocycles. The van der Waals surface area contributed by atoms with Crippen molar-refractivity contribution in [1.29, 1.82) is 0 Å². The van der Waals surface area contributed by atoms with Gasteiger partial charge in [-0.15, -0.1) is 0 Å². The Kier molecular flexibility index (Phi) is 5.51. The van der Waals surface area contributed by atoms with Crippen molar-refractivity contribution in [3.05, 3.63) is 29.8 Å². The maximum atomic E-state index is 12.9. The number of halogens is 3. The summed E-state index contributed by atoms with van der Waals surface area (Å²) in [5.74, 6) is -0.695. The van der Waals surface area contributed by atoms with Crippen molar-refractivity contribution in [2.45, 2.75) is 32.0 Å². The number of nitrogens with zero attached hydrogens (tertiary/aromatic N) is 1. The molecule has 1 fully saturated rings. The molecule has 1 aromatic carbocycles. The molecule has 0 spiro atoms. The first-order valence-electron chi connectivity index (χ1n) is 7.55. The Bertz CT molecular complexity index is 548. The summed E-state index contributed by atoms with van der Waals surface area (Å²) in [4.78, 5) is 13.9. The lowest BCUT2D eigenvalue weighted by Crippen LogP contribution is -2.46. The number of likely N-dealkylation sites (tertiary alicyclic amines) is 1. The van der Waals surface area contributed by atoms with Crippen LogP contribution in [-0.2, 0) is 11.0 Å². The smallest absolute Gasteiger partial charge is 0.419 e. The van der Waals surface area contributed by atoms with Crippen molar-refractivity contribution in [2.75, 3.05) is 19.7 Å². The van der Waals surface area contributed by atoms with E-state index in [0.29, 0.717) is 13.1 Å². The Labute approximate surface area is 132 Å². The Morgan fingerprint density at radius 2 is 2.13 bits per heavy atom. The van der Waals surface area contributed by atoms with Crippen LogP contribution in [0.1, 0.15) is 25.3 Å². The van der Waals surface area contributed by atoms with Crippen LogP contribution < -0.4 is 4.74 Å². The van der Waals surface area contributed by atoms with Gasteiger partial charge in [0.05, 0.1) is 5.56 Å². The normalized spacial score (nSPS) is 20.2. The van der Waals surface area contributed by atoms with Gasteiger partial charge in [0.2, 0.25) is 0 Å². The van der Waals surface area contributed by atoms with E-state index in [1.807, 2.05) is 0 Å². The fourth-order valence-corrected chi connectivity index (χ4v) is 2.72. The number of hydrogen-bond donors (Lipinski definition) is 1. The van der Waals surface area contributed by atoms with Gasteiger partial charge in [-0.3, -0.25) is 4.79 Å². The zero-order chi connectivity index (χ0) is 17.0. The van der Waals surface area contributed by atoms with Gasteiger partial charge < -0.3 is 14.7 Å². The summed E-state index contributed by atoms with van der Waals surface area (Å²) in [7, 11) is 0. The van der Waals surface area contributed by atoms with E-state index in [1.54, 1.807) is 4.90 Å². The van der Waals surface area contributed by atoms with Crippen LogP contribution >= 0.6 is 0 Å². The Morgan fingerprint density at radius 1 is 1.43 bits per heavy atom. The van der Waals surface area contributed by atoms with Crippen LogP contribution in [0.5, 0.6) is 5.75 Å². The second-order valence-corrected chi connectivity index (χ2v) is 5.73. The molecule has 128 valence electrons. The molecule has 0 saturated carbocycles. The Morgan fingerprint density at radius 3 is 2.78 bits per heavy atom. The summed E-state index contributed by atoms with van der Waals surface area (Å²) in [5.41, 5.74) is -0.897. The number of carbonyl (C=O) groups excluding carboxylic acids is 1. The van der Waals surface area contributed by atoms with E-state index in [9.17, 15) is 23.1 Å². The molecule has 0 aromatic heterocycles. The SMILES string of the molecule is CC(Oc1ccccc1C(F)(F)F)C(=O)N1CCCC(CO)C1. The molecule has 1 saturated heterocycles. The first-order chi connectivity index (χ1) is 10.8. The number of aliphatic hydroxyl groups excluding tert-OH is 1. The molecule has 1 aromatic rings. The average Bonchev–Trinajstić information content (AvgIpc) is 2.53. The Hall–Kier alpha value is -1.76. The number of aliphatic hydroxyl groups is 1. The van der Waals surface area contributed by atoms with Gasteiger partial charge >= 0.3 is 6.18 Å². The average molecular weight is 331 g/mol. The number of piperidine rings is 1. The van der Waals surface area contributed by atoms with Gasteiger partial charge in [0.25, 0.3) is 5.91 Å². The highest BCUT2D eigenvalue weighted by molar-refractivity contribution is 5.81. The van der Waals surface area contributed by atoms with Crippen molar-refractivity contribution in [3.63, 3.8) is 0 Å². The minimum absolute atomic E-state index is 0.00404. The number of benzene rings is 1. The van der Waals surface area contributed by atoms with Crippen LogP contribution in [0.15, 0.2) is 24.3 Å². The molecular weight excluding hydrogens is 311 g/mol. The first kappa shape index (κ1) is 17.6. The second-order valence-electron chi connectivity index (χ2n) is 5.73. The third-order valence-corrected chi connectivity index (χ3v) is 3.93. The maximum Gasteiger partial charge on any atom is 0.419 e. The summed E-state index contributed by atoms with van der Waals surface area (Å²) in [6, 6.07) is 4.84. The Balaban J connectivity index is 2.07. The van der Waals surface area contributed by atoms with E-state index in [1.165, 1.54) is 25.1 Å². The van der Waals surface area contributed by atoms with Crippen LogP contribution in [0.3, 0.4) is 0 Å². The fraction of sp³-hybridized carbons (Fsp3) is 0.562. The summed E-state index contributed by atoms with van der Waals surface area (Å²) in [6.07, 6.45) is -3.95. The standard InChI is InChI=1S/C16H20F3NO3/c1-11(15(22)20-8-4-5-12(9-20)10-21)23-14-7-3-2-6-13(14)16(17,18)19/h2-3,6-7,11-12,21H,4-5,8-10H2,1H3. The number of alkyl halides is 3. The minimum atomic E-state index is -4.54. The van der Waals surface area contributed by atoms with Crippen molar-refractivity contribution < 1.29 is 27.8 Å². The highest BCUT2D eigenvalue weighted by Gasteiger charge is 2.35. The summed E-state index contributed by atoms with van der Waals surface area (Å²) < 4.78 is 44.1. The first-order valence-corrected chi connectivity index (χ1v) is 7.55. The summed E-state index contributed by atoms with van der Waals surface area (Å²) >= 11 is 0. The van der Waals surface area contributed by atoms with E-state index in [-0.39, 0.29) is 24.2 Å². The molecule has 0 radical (unpaired) electrons. The number of ether oxygens (including phenoxy) is 1. The molecule has 0 aliphatic carbocycles. The lowest BCUT2D eigenvalue weighted by Gasteiger charge is -2.33. The van der Waals surface area contributed by atoms with Crippen LogP contribution in [-0.4, -0.2) is 41.7 Å². The van der Waals surface area contributed by atoms with Crippen molar-refractivity contribution in [3.8, 4) is 5.75 Å². The third-order valence-electron chi connectivity index (χ3n) is 3.93. The lowest BCUT2D eigenvalue weighted by atomic mass is 9.99. The highest BCUT2D eigenvalue weighted by Crippen LogP contribution is 2.36. The van der Waals surface area contributed by atoms with Gasteiger partial charge in [-0.25, -0.2) is 0 Å². The van der Waals surface area contributed by atoms with Gasteiger partial charge in [0.15, 0.2) is 6.10 Å². The van der Waals surface area contributed by atoms with Crippen molar-refractivity contribution in [2.24, 2.45) is 5.92 Å². The zero-order valence-electron chi connectivity index (χ0n) is 12.8. The molecule has 1 heterocycles. The molecule has 1 aliphatic rings. The summed E-state index contributed by atoms with van der Waals surface area (Å²) in [5, 5.41) is 9.20. The van der Waals surface area contributed by atoms with Gasteiger partial charge in [-0.1, -0.05) is 12.1 Å². The van der Waals surface area contributed by atoms with E-state index in [2.05, 4.69) is 0 Å². The molecule has 2 unspecified atom stereocenters. The molecule has 4 nitrogen and oxygen atoms in total. The number of para-hydroxylation sites is 1. The predicted octanol–water partition coefficient (Wildman–Crippen LogP) is 2.70. The number of carbonyl (C=O) groups is 1. The second kappa shape index (κ2) is 7.21. The van der Waals surface area contributed by atoms with Crippen LogP contribution in [0, 0.1) is 5.92 Å². The molecule has 23 heavy (non-hydrogen) atoms. The fourth-order valence-electron chi connectivity index (χ4n) is 2.72. The minimum Gasteiger partial charge on any atom is -0.480 e. The highest BCUT2D eigenvalue weighted by atomic mass is 19.4. The summed E-state index contributed by atoms with van der Waals surface area (Å²) in [6.45, 7) is 2.38.